The van der Waals surface area contributed by atoms with Gasteiger partial charge in [-0.2, -0.15) is 0 Å². The summed E-state index contributed by atoms with van der Waals surface area (Å²) in [6, 6.07) is 8.24. The van der Waals surface area contributed by atoms with Gasteiger partial charge in [-0.25, -0.2) is 0 Å². The van der Waals surface area contributed by atoms with Crippen LogP contribution in [-0.4, -0.2) is 82.3 Å². The largest absolute Gasteiger partial charge is 0.495 e. The molecule has 1 aromatic carbocycles. The second kappa shape index (κ2) is 12.2. The van der Waals surface area contributed by atoms with E-state index in [0.29, 0.717) is 0 Å². The topological polar surface area (TPSA) is 43.3 Å². The van der Waals surface area contributed by atoms with Crippen LogP contribution in [0.5, 0.6) is 5.75 Å². The SMILES string of the molecule is CCN(CC)CCNC(=NC)N1CCN(c2ccccc2OC)CC1.I. The maximum Gasteiger partial charge on any atom is 0.193 e. The van der Waals surface area contributed by atoms with Crippen LogP contribution >= 0.6 is 24.0 Å². The van der Waals surface area contributed by atoms with Crippen molar-refractivity contribution >= 4 is 35.6 Å². The normalized spacial score (nSPS) is 15.0. The summed E-state index contributed by atoms with van der Waals surface area (Å²) in [5, 5.41) is 3.51. The molecule has 1 fully saturated rings. The summed E-state index contributed by atoms with van der Waals surface area (Å²) in [6.07, 6.45) is 0. The third-order valence-electron chi connectivity index (χ3n) is 4.82. The number of rotatable bonds is 7. The molecular weight excluding hydrogens is 441 g/mol. The van der Waals surface area contributed by atoms with E-state index in [-0.39, 0.29) is 24.0 Å². The zero-order valence-electron chi connectivity index (χ0n) is 16.6. The van der Waals surface area contributed by atoms with Gasteiger partial charge in [0.2, 0.25) is 0 Å². The molecule has 2 rings (SSSR count). The highest BCUT2D eigenvalue weighted by Crippen LogP contribution is 2.28. The highest BCUT2D eigenvalue weighted by atomic mass is 127. The Hall–Kier alpha value is -1.22. The highest BCUT2D eigenvalue weighted by Gasteiger charge is 2.21. The zero-order chi connectivity index (χ0) is 18.1. The van der Waals surface area contributed by atoms with E-state index >= 15 is 0 Å². The van der Waals surface area contributed by atoms with E-state index < -0.39 is 0 Å². The average Bonchev–Trinajstić information content (AvgIpc) is 2.68. The smallest absolute Gasteiger partial charge is 0.193 e. The fourth-order valence-corrected chi connectivity index (χ4v) is 3.25. The van der Waals surface area contributed by atoms with Crippen molar-refractivity contribution in [2.75, 3.05) is 71.4 Å². The lowest BCUT2D eigenvalue weighted by molar-refractivity contribution is 0.304. The molecule has 1 saturated heterocycles. The van der Waals surface area contributed by atoms with E-state index in [9.17, 15) is 0 Å². The quantitative estimate of drug-likeness (QED) is 0.373. The Kier molecular flexibility index (Phi) is 10.7. The van der Waals surface area contributed by atoms with Gasteiger partial charge < -0.3 is 24.8 Å². The molecule has 1 heterocycles. The van der Waals surface area contributed by atoms with Crippen LogP contribution in [0, 0.1) is 0 Å². The first-order valence-corrected chi connectivity index (χ1v) is 9.29. The van der Waals surface area contributed by atoms with E-state index in [1.54, 1.807) is 7.11 Å². The molecule has 0 spiro atoms. The Morgan fingerprint density at radius 2 is 1.81 bits per heavy atom. The molecule has 0 atom stereocenters. The predicted molar refractivity (Wildman–Crippen MR) is 121 cm³/mol. The van der Waals surface area contributed by atoms with Crippen LogP contribution < -0.4 is 15.0 Å². The second-order valence-corrected chi connectivity index (χ2v) is 6.15. The van der Waals surface area contributed by atoms with E-state index in [1.807, 2.05) is 19.2 Å². The van der Waals surface area contributed by atoms with E-state index in [4.69, 9.17) is 4.74 Å². The summed E-state index contributed by atoms with van der Waals surface area (Å²) < 4.78 is 5.49. The zero-order valence-corrected chi connectivity index (χ0v) is 18.9. The fraction of sp³-hybridized carbons (Fsp3) is 0.632. The van der Waals surface area contributed by atoms with Crippen molar-refractivity contribution in [3.05, 3.63) is 24.3 Å². The van der Waals surface area contributed by atoms with E-state index in [2.05, 4.69) is 51.0 Å². The van der Waals surface area contributed by atoms with Crippen molar-refractivity contribution in [3.63, 3.8) is 0 Å². The summed E-state index contributed by atoms with van der Waals surface area (Å²) >= 11 is 0. The summed E-state index contributed by atoms with van der Waals surface area (Å²) in [5.41, 5.74) is 1.18. The van der Waals surface area contributed by atoms with Gasteiger partial charge in [-0.15, -0.1) is 24.0 Å². The molecular formula is C19H34IN5O. The van der Waals surface area contributed by atoms with Crippen LogP contribution in [0.2, 0.25) is 0 Å². The van der Waals surface area contributed by atoms with Crippen LogP contribution in [0.4, 0.5) is 5.69 Å². The van der Waals surface area contributed by atoms with Gasteiger partial charge in [0.1, 0.15) is 5.75 Å². The minimum Gasteiger partial charge on any atom is -0.495 e. The van der Waals surface area contributed by atoms with Gasteiger partial charge in [-0.1, -0.05) is 26.0 Å². The first-order valence-electron chi connectivity index (χ1n) is 9.29. The Bertz CT molecular complexity index is 542. The third-order valence-corrected chi connectivity index (χ3v) is 4.82. The Morgan fingerprint density at radius 1 is 1.15 bits per heavy atom. The monoisotopic (exact) mass is 475 g/mol. The van der Waals surface area contributed by atoms with Crippen molar-refractivity contribution < 1.29 is 4.74 Å². The minimum atomic E-state index is 0. The molecule has 0 aliphatic carbocycles. The number of methoxy groups -OCH3 is 1. The van der Waals surface area contributed by atoms with Crippen molar-refractivity contribution in [1.29, 1.82) is 0 Å². The van der Waals surface area contributed by atoms with Crippen molar-refractivity contribution in [1.82, 2.24) is 15.1 Å². The van der Waals surface area contributed by atoms with Crippen LogP contribution in [0.25, 0.3) is 0 Å². The number of hydrogen-bond acceptors (Lipinski definition) is 4. The number of guanidine groups is 1. The number of halogens is 1. The Morgan fingerprint density at radius 3 is 2.38 bits per heavy atom. The number of piperazine rings is 1. The molecule has 0 saturated carbocycles. The number of aliphatic imine (C=N–C) groups is 1. The molecule has 1 N–H and O–H groups in total. The fourth-order valence-electron chi connectivity index (χ4n) is 3.25. The molecule has 0 amide bonds. The van der Waals surface area contributed by atoms with Crippen molar-refractivity contribution in [2.45, 2.75) is 13.8 Å². The van der Waals surface area contributed by atoms with Crippen LogP contribution in [-0.2, 0) is 0 Å². The van der Waals surface area contributed by atoms with E-state index in [0.717, 1.165) is 64.1 Å². The number of nitrogens with zero attached hydrogens (tertiary/aromatic N) is 4. The van der Waals surface area contributed by atoms with Gasteiger partial charge in [0.05, 0.1) is 12.8 Å². The van der Waals surface area contributed by atoms with Crippen LogP contribution in [0.3, 0.4) is 0 Å². The molecule has 1 aliphatic rings. The summed E-state index contributed by atoms with van der Waals surface area (Å²) in [7, 11) is 3.60. The van der Waals surface area contributed by atoms with Gasteiger partial charge in [0, 0.05) is 46.3 Å². The summed E-state index contributed by atoms with van der Waals surface area (Å²) in [6.45, 7) is 12.4. The predicted octanol–water partition coefficient (Wildman–Crippen LogP) is 2.35. The van der Waals surface area contributed by atoms with Gasteiger partial charge >= 0.3 is 0 Å². The maximum atomic E-state index is 5.49. The summed E-state index contributed by atoms with van der Waals surface area (Å²) in [4.78, 5) is 11.6. The maximum absolute atomic E-state index is 5.49. The van der Waals surface area contributed by atoms with Crippen molar-refractivity contribution in [2.24, 2.45) is 4.99 Å². The first kappa shape index (κ1) is 22.8. The van der Waals surface area contributed by atoms with Crippen molar-refractivity contribution in [3.8, 4) is 5.75 Å². The molecule has 0 radical (unpaired) electrons. The average molecular weight is 475 g/mol. The number of hydrogen-bond donors (Lipinski definition) is 1. The lowest BCUT2D eigenvalue weighted by Crippen LogP contribution is -2.53. The third kappa shape index (κ3) is 6.19. The Labute approximate surface area is 175 Å². The molecule has 0 aromatic heterocycles. The molecule has 0 bridgehead atoms. The molecule has 7 heteroatoms. The highest BCUT2D eigenvalue weighted by molar-refractivity contribution is 14.0. The first-order chi connectivity index (χ1) is 12.2. The van der Waals surface area contributed by atoms with Gasteiger partial charge in [-0.05, 0) is 25.2 Å². The number of benzene rings is 1. The Balaban J connectivity index is 0.00000338. The number of ether oxygens (including phenoxy) is 1. The molecule has 26 heavy (non-hydrogen) atoms. The van der Waals surface area contributed by atoms with Gasteiger partial charge in [0.25, 0.3) is 0 Å². The van der Waals surface area contributed by atoms with E-state index in [1.165, 1.54) is 5.69 Å². The molecule has 1 aromatic rings. The molecule has 1 aliphatic heterocycles. The van der Waals surface area contributed by atoms with Gasteiger partial charge in [-0.3, -0.25) is 4.99 Å². The number of likely N-dealkylation sites (N-methyl/N-ethyl adjacent to an activating group) is 1. The van der Waals surface area contributed by atoms with Gasteiger partial charge in [0.15, 0.2) is 5.96 Å². The number of para-hydroxylation sites is 2. The molecule has 148 valence electrons. The number of anilines is 1. The standard InChI is InChI=1S/C19H33N5O.HI/c1-5-22(6-2)12-11-21-19(20-3)24-15-13-23(14-16-24)17-9-7-8-10-18(17)25-4;/h7-10H,5-6,11-16H2,1-4H3,(H,20,21);1H. The molecule has 6 nitrogen and oxygen atoms in total. The number of nitrogens with one attached hydrogen (secondary N) is 1. The van der Waals surface area contributed by atoms with Crippen LogP contribution in [0.15, 0.2) is 29.3 Å². The lowest BCUT2D eigenvalue weighted by Gasteiger charge is -2.38. The minimum absolute atomic E-state index is 0. The summed E-state index contributed by atoms with van der Waals surface area (Å²) in [5.74, 6) is 1.95. The lowest BCUT2D eigenvalue weighted by atomic mass is 10.2. The second-order valence-electron chi connectivity index (χ2n) is 6.15. The van der Waals surface area contributed by atoms with Crippen LogP contribution in [0.1, 0.15) is 13.8 Å². The molecule has 0 unspecified atom stereocenters.